The number of nitrogens with zero attached hydrogens (tertiary/aromatic N) is 1. The Kier molecular flexibility index (Phi) is 4.32. The summed E-state index contributed by atoms with van der Waals surface area (Å²) in [6, 6.07) is 4.23. The molecule has 0 aliphatic carbocycles. The van der Waals surface area contributed by atoms with Crippen molar-refractivity contribution in [3.63, 3.8) is 0 Å². The summed E-state index contributed by atoms with van der Waals surface area (Å²) < 4.78 is 0.786. The van der Waals surface area contributed by atoms with Gasteiger partial charge in [-0.25, -0.2) is 4.79 Å². The number of likely N-dealkylation sites (tertiary alicyclic amines) is 1. The quantitative estimate of drug-likeness (QED) is 0.809. The topological polar surface area (TPSA) is 83.6 Å². The first-order valence-corrected chi connectivity index (χ1v) is 7.28. The molecule has 1 aliphatic rings. The van der Waals surface area contributed by atoms with E-state index in [4.69, 9.17) is 5.73 Å². The molecule has 5 nitrogen and oxygen atoms in total. The van der Waals surface area contributed by atoms with E-state index in [0.29, 0.717) is 30.1 Å². The fourth-order valence-corrected chi connectivity index (χ4v) is 2.88. The van der Waals surface area contributed by atoms with E-state index >= 15 is 0 Å². The Labute approximate surface area is 125 Å². The van der Waals surface area contributed by atoms with Gasteiger partial charge in [-0.15, -0.1) is 0 Å². The number of piperidine rings is 1. The molecule has 1 fully saturated rings. The molecule has 1 amide bonds. The van der Waals surface area contributed by atoms with Gasteiger partial charge in [0.05, 0.1) is 5.56 Å². The van der Waals surface area contributed by atoms with Crippen molar-refractivity contribution < 1.29 is 14.7 Å². The number of nitrogen functional groups attached to an aromatic ring is 1. The number of halogens is 1. The maximum absolute atomic E-state index is 12.5. The van der Waals surface area contributed by atoms with Crippen LogP contribution in [0.25, 0.3) is 0 Å². The monoisotopic (exact) mass is 340 g/mol. The smallest absolute Gasteiger partial charge is 0.326 e. The molecule has 2 atom stereocenters. The molecule has 0 bridgehead atoms. The largest absolute Gasteiger partial charge is 0.480 e. The third kappa shape index (κ3) is 2.95. The lowest BCUT2D eigenvalue weighted by molar-refractivity contribution is -0.144. The van der Waals surface area contributed by atoms with Crippen LogP contribution in [0.4, 0.5) is 5.69 Å². The fraction of sp³-hybridized carbons (Fsp3) is 0.429. The average molecular weight is 341 g/mol. The van der Waals surface area contributed by atoms with Gasteiger partial charge >= 0.3 is 5.97 Å². The number of carboxylic acids is 1. The number of rotatable bonds is 2. The van der Waals surface area contributed by atoms with Crippen LogP contribution in [0.15, 0.2) is 22.7 Å². The van der Waals surface area contributed by atoms with E-state index in [-0.39, 0.29) is 5.91 Å². The average Bonchev–Trinajstić information content (AvgIpc) is 2.37. The van der Waals surface area contributed by atoms with E-state index in [1.165, 1.54) is 4.90 Å². The summed E-state index contributed by atoms with van der Waals surface area (Å²) in [5.41, 5.74) is 6.56. The predicted molar refractivity (Wildman–Crippen MR) is 79.4 cm³/mol. The molecule has 2 rings (SSSR count). The SMILES string of the molecule is CC1CCN(C(=O)c2ccc(Br)cc2N)C(C(=O)O)C1. The second-order valence-corrected chi connectivity index (χ2v) is 6.13. The summed E-state index contributed by atoms with van der Waals surface area (Å²) >= 11 is 3.29. The van der Waals surface area contributed by atoms with E-state index in [9.17, 15) is 14.7 Å². The minimum absolute atomic E-state index is 0.308. The summed E-state index contributed by atoms with van der Waals surface area (Å²) in [7, 11) is 0. The Morgan fingerprint density at radius 1 is 1.45 bits per heavy atom. The number of anilines is 1. The predicted octanol–water partition coefficient (Wildman–Crippen LogP) is 2.36. The Bertz CT molecular complexity index is 547. The molecule has 0 saturated carbocycles. The van der Waals surface area contributed by atoms with Gasteiger partial charge in [0.2, 0.25) is 0 Å². The molecule has 108 valence electrons. The highest BCUT2D eigenvalue weighted by Crippen LogP contribution is 2.27. The Hall–Kier alpha value is -1.56. The number of carbonyl (C=O) groups excluding carboxylic acids is 1. The third-order valence-electron chi connectivity index (χ3n) is 3.65. The molecule has 1 heterocycles. The summed E-state index contributed by atoms with van der Waals surface area (Å²) in [6.45, 7) is 2.46. The molecule has 0 radical (unpaired) electrons. The second-order valence-electron chi connectivity index (χ2n) is 5.21. The van der Waals surface area contributed by atoms with Gasteiger partial charge in [0, 0.05) is 16.7 Å². The van der Waals surface area contributed by atoms with Gasteiger partial charge in [0.25, 0.3) is 5.91 Å². The maximum atomic E-state index is 12.5. The highest BCUT2D eigenvalue weighted by atomic mass is 79.9. The zero-order valence-electron chi connectivity index (χ0n) is 11.2. The summed E-state index contributed by atoms with van der Waals surface area (Å²) in [5, 5.41) is 9.30. The van der Waals surface area contributed by atoms with Crippen LogP contribution in [0.3, 0.4) is 0 Å². The number of hydrogen-bond acceptors (Lipinski definition) is 3. The normalized spacial score (nSPS) is 22.6. The van der Waals surface area contributed by atoms with Gasteiger partial charge in [-0.05, 0) is 37.0 Å². The number of hydrogen-bond donors (Lipinski definition) is 2. The Morgan fingerprint density at radius 3 is 2.75 bits per heavy atom. The number of benzene rings is 1. The molecular formula is C14H17BrN2O3. The minimum Gasteiger partial charge on any atom is -0.480 e. The van der Waals surface area contributed by atoms with Crippen molar-refractivity contribution in [3.05, 3.63) is 28.2 Å². The van der Waals surface area contributed by atoms with Gasteiger partial charge in [-0.3, -0.25) is 4.79 Å². The first kappa shape index (κ1) is 14.8. The summed E-state index contributed by atoms with van der Waals surface area (Å²) in [4.78, 5) is 25.3. The zero-order valence-corrected chi connectivity index (χ0v) is 12.8. The number of aliphatic carboxylic acids is 1. The van der Waals surface area contributed by atoms with Crippen LogP contribution in [0.2, 0.25) is 0 Å². The molecule has 1 aliphatic heterocycles. The van der Waals surface area contributed by atoms with E-state index in [1.807, 2.05) is 6.92 Å². The van der Waals surface area contributed by atoms with Crippen LogP contribution < -0.4 is 5.73 Å². The van der Waals surface area contributed by atoms with Crippen molar-refractivity contribution in [1.29, 1.82) is 0 Å². The van der Waals surface area contributed by atoms with E-state index in [2.05, 4.69) is 15.9 Å². The van der Waals surface area contributed by atoms with Crippen molar-refractivity contribution in [2.24, 2.45) is 5.92 Å². The molecule has 2 unspecified atom stereocenters. The second kappa shape index (κ2) is 5.83. The number of carboxylic acid groups (broad SMARTS) is 1. The molecule has 1 aromatic rings. The van der Waals surface area contributed by atoms with Gasteiger partial charge < -0.3 is 15.7 Å². The van der Waals surface area contributed by atoms with Crippen LogP contribution in [0.5, 0.6) is 0 Å². The van der Waals surface area contributed by atoms with Crippen molar-refractivity contribution >= 4 is 33.5 Å². The first-order chi connectivity index (χ1) is 9.40. The molecular weight excluding hydrogens is 324 g/mol. The zero-order chi connectivity index (χ0) is 14.9. The first-order valence-electron chi connectivity index (χ1n) is 6.49. The number of carbonyl (C=O) groups is 2. The van der Waals surface area contributed by atoms with Gasteiger partial charge in [0.1, 0.15) is 6.04 Å². The van der Waals surface area contributed by atoms with Crippen molar-refractivity contribution in [2.45, 2.75) is 25.8 Å². The molecule has 1 saturated heterocycles. The van der Waals surface area contributed by atoms with Gasteiger partial charge in [-0.1, -0.05) is 22.9 Å². The van der Waals surface area contributed by atoms with Crippen LogP contribution in [-0.2, 0) is 4.79 Å². The third-order valence-corrected chi connectivity index (χ3v) is 4.15. The minimum atomic E-state index is -0.958. The standard InChI is InChI=1S/C14H17BrN2O3/c1-8-4-5-17(12(6-8)14(19)20)13(18)10-3-2-9(15)7-11(10)16/h2-3,7-8,12H,4-6,16H2,1H3,(H,19,20). The number of amides is 1. The fourth-order valence-electron chi connectivity index (χ4n) is 2.50. The number of nitrogens with two attached hydrogens (primary N) is 1. The molecule has 0 aromatic heterocycles. The summed E-state index contributed by atoms with van der Waals surface area (Å²) in [6.07, 6.45) is 1.30. The van der Waals surface area contributed by atoms with Crippen molar-refractivity contribution in [3.8, 4) is 0 Å². The molecule has 3 N–H and O–H groups in total. The van der Waals surface area contributed by atoms with Crippen LogP contribution in [0, 0.1) is 5.92 Å². The lowest BCUT2D eigenvalue weighted by Crippen LogP contribution is -2.49. The van der Waals surface area contributed by atoms with Crippen molar-refractivity contribution in [1.82, 2.24) is 4.90 Å². The van der Waals surface area contributed by atoms with Crippen molar-refractivity contribution in [2.75, 3.05) is 12.3 Å². The lowest BCUT2D eigenvalue weighted by Gasteiger charge is -2.36. The van der Waals surface area contributed by atoms with Crippen LogP contribution in [-0.4, -0.2) is 34.5 Å². The molecule has 0 spiro atoms. The summed E-state index contributed by atoms with van der Waals surface area (Å²) in [5.74, 6) is -0.961. The van der Waals surface area contributed by atoms with Gasteiger partial charge in [-0.2, -0.15) is 0 Å². The molecule has 1 aromatic carbocycles. The van der Waals surface area contributed by atoms with Crippen LogP contribution in [0.1, 0.15) is 30.1 Å². The van der Waals surface area contributed by atoms with E-state index in [0.717, 1.165) is 10.9 Å². The lowest BCUT2D eigenvalue weighted by atomic mass is 9.91. The highest BCUT2D eigenvalue weighted by Gasteiger charge is 2.35. The highest BCUT2D eigenvalue weighted by molar-refractivity contribution is 9.10. The van der Waals surface area contributed by atoms with Gasteiger partial charge in [0.15, 0.2) is 0 Å². The Morgan fingerprint density at radius 2 is 2.15 bits per heavy atom. The molecule has 20 heavy (non-hydrogen) atoms. The van der Waals surface area contributed by atoms with E-state index in [1.54, 1.807) is 18.2 Å². The van der Waals surface area contributed by atoms with E-state index < -0.39 is 12.0 Å². The maximum Gasteiger partial charge on any atom is 0.326 e. The van der Waals surface area contributed by atoms with Crippen LogP contribution >= 0.6 is 15.9 Å². The molecule has 6 heteroatoms. The Balaban J connectivity index is 2.28.